The minimum atomic E-state index is -4.95. The number of aromatic amines is 1. The fourth-order valence-electron chi connectivity index (χ4n) is 7.19. The van der Waals surface area contributed by atoms with Crippen molar-refractivity contribution in [3.63, 3.8) is 0 Å². The Morgan fingerprint density at radius 1 is 0.950 bits per heavy atom. The maximum Gasteiger partial charge on any atom is 0.472 e. The Labute approximate surface area is 345 Å². The van der Waals surface area contributed by atoms with E-state index in [4.69, 9.17) is 39.6 Å². The third-order valence-electron chi connectivity index (χ3n) is 11.2. The number of fused-ring (bicyclic) bond motifs is 5. The van der Waals surface area contributed by atoms with Crippen molar-refractivity contribution in [2.75, 3.05) is 18.5 Å². The molecule has 3 N–H and O–H groups in total. The van der Waals surface area contributed by atoms with E-state index in [1.54, 1.807) is 48.7 Å². The lowest BCUT2D eigenvalue weighted by Crippen LogP contribution is -2.50. The number of carbonyl (C=O) groups is 1. The predicted molar refractivity (Wildman–Crippen MR) is 216 cm³/mol. The Balaban J connectivity index is 1.12. The molecule has 21 nitrogen and oxygen atoms in total. The number of benzene rings is 1. The molecule has 7 heterocycles. The zero-order chi connectivity index (χ0) is 42.9. The second-order valence-electron chi connectivity index (χ2n) is 16.4. The number of aryl methyl sites for hydroxylation is 1. The van der Waals surface area contributed by atoms with Crippen LogP contribution in [0.15, 0.2) is 54.1 Å². The summed E-state index contributed by atoms with van der Waals surface area (Å²) < 4.78 is 74.3. The summed E-state index contributed by atoms with van der Waals surface area (Å²) in [5.74, 6) is -0.703. The molecule has 2 bridgehead atoms. The van der Waals surface area contributed by atoms with Crippen molar-refractivity contribution in [1.82, 2.24) is 39.0 Å². The van der Waals surface area contributed by atoms with Crippen LogP contribution in [0.1, 0.15) is 56.3 Å². The van der Waals surface area contributed by atoms with Gasteiger partial charge in [-0.3, -0.25) is 27.8 Å². The number of aromatic nitrogens is 8. The van der Waals surface area contributed by atoms with Crippen molar-refractivity contribution in [3.05, 3.63) is 71.1 Å². The van der Waals surface area contributed by atoms with E-state index in [0.717, 1.165) is 0 Å². The quantitative estimate of drug-likeness (QED) is 0.156. The third kappa shape index (κ3) is 8.21. The first-order chi connectivity index (χ1) is 28.2. The van der Waals surface area contributed by atoms with E-state index in [0.29, 0.717) is 5.56 Å². The average Bonchev–Trinajstić information content (AvgIpc) is 3.94. The van der Waals surface area contributed by atoms with Gasteiger partial charge in [-0.2, -0.15) is 0 Å². The van der Waals surface area contributed by atoms with Gasteiger partial charge in [-0.15, -0.1) is 0 Å². The van der Waals surface area contributed by atoms with Gasteiger partial charge in [0.1, 0.15) is 48.9 Å². The van der Waals surface area contributed by atoms with E-state index >= 15 is 0 Å². The Morgan fingerprint density at radius 3 is 2.33 bits per heavy atom. The summed E-state index contributed by atoms with van der Waals surface area (Å²) >= 11 is 0. The summed E-state index contributed by atoms with van der Waals surface area (Å²) in [6.07, 6.45) is -4.16. The number of hydrogen-bond acceptors (Lipinski definition) is 16. The van der Waals surface area contributed by atoms with Gasteiger partial charge >= 0.3 is 7.82 Å². The second-order valence-corrected chi connectivity index (χ2v) is 24.1. The molecule has 25 heteroatoms. The maximum absolute atomic E-state index is 14.3. The van der Waals surface area contributed by atoms with E-state index in [2.05, 4.69) is 35.2 Å². The van der Waals surface area contributed by atoms with Gasteiger partial charge in [0, 0.05) is 11.5 Å². The molecular weight excluding hydrogens is 839 g/mol. The summed E-state index contributed by atoms with van der Waals surface area (Å²) in [5.41, 5.74) is 0.536. The number of phosphoric ester groups is 1. The van der Waals surface area contributed by atoms with Crippen LogP contribution in [-0.4, -0.2) is 109 Å². The van der Waals surface area contributed by atoms with Crippen LogP contribution in [0.3, 0.4) is 0 Å². The molecule has 0 spiro atoms. The number of H-pyrrole nitrogens is 1. The molecule has 319 valence electrons. The summed E-state index contributed by atoms with van der Waals surface area (Å²) in [6, 6.07) is 8.56. The summed E-state index contributed by atoms with van der Waals surface area (Å²) in [6.45, 7) is 12.2. The molecule has 0 saturated carbocycles. The van der Waals surface area contributed by atoms with E-state index in [9.17, 15) is 23.6 Å². The normalized spacial score (nSPS) is 31.7. The lowest BCUT2D eigenvalue weighted by Gasteiger charge is -2.41. The van der Waals surface area contributed by atoms with Gasteiger partial charge in [-0.05, 0) is 37.2 Å². The molecule has 3 fully saturated rings. The van der Waals surface area contributed by atoms with Crippen LogP contribution in [0.5, 0.6) is 0 Å². The molecule has 1 aromatic carbocycles. The Kier molecular flexibility index (Phi) is 11.2. The van der Waals surface area contributed by atoms with Crippen LogP contribution in [0.2, 0.25) is 18.1 Å². The van der Waals surface area contributed by atoms with E-state index < -0.39 is 97.2 Å². The highest BCUT2D eigenvalue weighted by Crippen LogP contribution is 2.55. The maximum atomic E-state index is 14.3. The summed E-state index contributed by atoms with van der Waals surface area (Å²) in [7, 11) is -5.88. The highest BCUT2D eigenvalue weighted by atomic mass is 31.2. The van der Waals surface area contributed by atoms with Crippen molar-refractivity contribution < 1.29 is 50.8 Å². The highest BCUT2D eigenvalue weighted by Gasteiger charge is 2.54. The predicted octanol–water partition coefficient (Wildman–Crippen LogP) is 4.54. The standard InChI is InChI=1S/C35H44BN9O12P2Si/c1-18-25-21(53-33(18)44-16-39-23-28(37-15-38-29(23)44)43-31(46)20-11-9-8-10-12-20)13-51-58(36,48)55-27-26(57-60(6,7)35(3,4)5)22(14-52-59(49,50)56-25)54-34(27)45-17-40-24-30(45)41-19(2)42-32(24)47/h8-12,15-18,21-22,25-27,33-34H,13-14H2,1-7H3,(H,49,50)(H,41,42,47)(H,37,38,43,46)/q-1/t18-,21+,22+,25?,26-,27?,33+,34+,58?/m0/s1. The minimum Gasteiger partial charge on any atom is -0.444 e. The topological polar surface area (TPSA) is 255 Å². The lowest BCUT2D eigenvalue weighted by molar-refractivity contribution is -0.0618. The van der Waals surface area contributed by atoms with Crippen molar-refractivity contribution >= 4 is 65.2 Å². The van der Waals surface area contributed by atoms with Crippen LogP contribution in [-0.2, 0) is 41.1 Å². The van der Waals surface area contributed by atoms with Crippen LogP contribution >= 0.6 is 15.3 Å². The summed E-state index contributed by atoms with van der Waals surface area (Å²) in [5, 5.41) is 2.41. The monoisotopic (exact) mass is 883 g/mol. The van der Waals surface area contributed by atoms with Crippen LogP contribution in [0, 0.1) is 12.8 Å². The van der Waals surface area contributed by atoms with Crippen LogP contribution in [0.4, 0.5) is 5.82 Å². The molecule has 3 aliphatic rings. The number of anilines is 1. The second kappa shape index (κ2) is 15.7. The number of hydrogen-bond donors (Lipinski definition) is 3. The van der Waals surface area contributed by atoms with Crippen molar-refractivity contribution in [1.29, 1.82) is 0 Å². The number of ether oxygens (including phenoxy) is 2. The van der Waals surface area contributed by atoms with Gasteiger partial charge in [0.05, 0.1) is 33.3 Å². The molecule has 4 aromatic heterocycles. The number of nitrogens with zero attached hydrogens (tertiary/aromatic N) is 7. The molecule has 5 aromatic rings. The Bertz CT molecular complexity index is 2590. The molecule has 8 rings (SSSR count). The fourth-order valence-corrected chi connectivity index (χ4v) is 10.5. The SMILES string of the molecule is [B-]P1(=O)OC[C@H]2O[C@@H](n3cnc4c(NC(=O)c5ccccc5)ncnc43)[C@@H](C)C2OP(=O)(O)OC[C@H]2O[C@@H](n3cnc4c(=O)[nH]c(C)nc43)C(O1)[C@H]2O[Si](C)(C)C(C)(C)C. The zero-order valence-electron chi connectivity index (χ0n) is 33.7. The number of carbonyl (C=O) groups excluding carboxylic acids is 1. The lowest BCUT2D eigenvalue weighted by atomic mass is 10.0. The number of imidazole rings is 2. The molecule has 3 saturated heterocycles. The first-order valence-corrected chi connectivity index (χ1v) is 25.1. The molecule has 3 radical (unpaired) electrons. The van der Waals surface area contributed by atoms with Gasteiger partial charge in [-0.25, -0.2) is 29.5 Å². The molecule has 3 aliphatic heterocycles. The van der Waals surface area contributed by atoms with Crippen molar-refractivity contribution in [2.45, 2.75) is 95.7 Å². The van der Waals surface area contributed by atoms with Crippen LogP contribution in [0.25, 0.3) is 22.3 Å². The number of nitrogens with one attached hydrogen (secondary N) is 2. The Hall–Kier alpha value is -3.99. The highest BCUT2D eigenvalue weighted by molar-refractivity contribution is 7.79. The average molecular weight is 884 g/mol. The third-order valence-corrected chi connectivity index (χ3v) is 17.7. The van der Waals surface area contributed by atoms with Gasteiger partial charge in [0.25, 0.3) is 11.5 Å². The Morgan fingerprint density at radius 2 is 1.62 bits per heavy atom. The fraction of sp³-hybridized carbons (Fsp3) is 0.514. The number of amides is 1. The van der Waals surface area contributed by atoms with Crippen LogP contribution < -0.4 is 10.9 Å². The van der Waals surface area contributed by atoms with E-state index in [1.807, 2.05) is 33.9 Å². The first-order valence-electron chi connectivity index (χ1n) is 19.1. The number of phosphoric acid groups is 1. The van der Waals surface area contributed by atoms with E-state index in [-0.39, 0.29) is 39.0 Å². The van der Waals surface area contributed by atoms with Gasteiger partial charge in [0.15, 0.2) is 42.7 Å². The molecule has 60 heavy (non-hydrogen) atoms. The van der Waals surface area contributed by atoms with Gasteiger partial charge in [-0.1, -0.05) is 45.9 Å². The summed E-state index contributed by atoms with van der Waals surface area (Å²) in [4.78, 5) is 61.4. The molecule has 1 amide bonds. The smallest absolute Gasteiger partial charge is 0.444 e. The first kappa shape index (κ1) is 42.7. The van der Waals surface area contributed by atoms with Gasteiger partial charge in [0.2, 0.25) is 0 Å². The molecule has 0 aliphatic carbocycles. The minimum absolute atomic E-state index is 0.00208. The largest absolute Gasteiger partial charge is 0.472 e. The van der Waals surface area contributed by atoms with E-state index in [1.165, 1.54) is 23.5 Å². The molecule has 4 unspecified atom stereocenters. The number of rotatable bonds is 6. The molecule has 10 atom stereocenters. The van der Waals surface area contributed by atoms with Crippen molar-refractivity contribution in [3.8, 4) is 0 Å². The van der Waals surface area contributed by atoms with Crippen molar-refractivity contribution in [2.24, 2.45) is 5.92 Å². The zero-order valence-corrected chi connectivity index (χ0v) is 36.5. The van der Waals surface area contributed by atoms with Gasteiger partial charge < -0.3 is 50.3 Å². The molecular formula is C35H44BN9O12P2Si-.